The third-order valence-corrected chi connectivity index (χ3v) is 1.66. The molecular formula is C11H16O2. The number of hydrogen-bond donors (Lipinski definition) is 1. The molecule has 0 bridgehead atoms. The van der Waals surface area contributed by atoms with Gasteiger partial charge in [-0.2, -0.15) is 0 Å². The first-order chi connectivity index (χ1) is 6.07. The molecule has 1 atom stereocenters. The summed E-state index contributed by atoms with van der Waals surface area (Å²) in [5.74, 6) is 1.59. The highest BCUT2D eigenvalue weighted by molar-refractivity contribution is 5.70. The molecular weight excluding hydrogens is 164 g/mol. The van der Waals surface area contributed by atoms with Crippen LogP contribution < -0.4 is 0 Å². The first-order valence-electron chi connectivity index (χ1n) is 4.40. The molecule has 0 aromatic rings. The molecule has 0 spiro atoms. The number of carbonyl (C=O) groups is 1. The van der Waals surface area contributed by atoms with Gasteiger partial charge in [0.05, 0.1) is 5.92 Å². The highest BCUT2D eigenvalue weighted by atomic mass is 16.4. The molecule has 1 N–H and O–H groups in total. The maximum atomic E-state index is 10.6. The Labute approximate surface area is 79.7 Å². The second-order valence-corrected chi connectivity index (χ2v) is 3.35. The second kappa shape index (κ2) is 6.30. The number of allylic oxidation sites excluding steroid dienone is 2. The van der Waals surface area contributed by atoms with Crippen molar-refractivity contribution in [2.24, 2.45) is 11.8 Å². The lowest BCUT2D eigenvalue weighted by Crippen LogP contribution is -2.11. The van der Waals surface area contributed by atoms with Gasteiger partial charge >= 0.3 is 5.97 Å². The van der Waals surface area contributed by atoms with E-state index >= 15 is 0 Å². The molecule has 0 aliphatic rings. The van der Waals surface area contributed by atoms with Crippen LogP contribution in [0.15, 0.2) is 12.2 Å². The smallest absolute Gasteiger partial charge is 0.307 e. The minimum absolute atomic E-state index is 0.303. The molecule has 0 amide bonds. The maximum Gasteiger partial charge on any atom is 0.307 e. The van der Waals surface area contributed by atoms with Crippen molar-refractivity contribution in [2.75, 3.05) is 0 Å². The summed E-state index contributed by atoms with van der Waals surface area (Å²) in [6, 6.07) is 0. The fraction of sp³-hybridized carbons (Fsp3) is 0.545. The van der Waals surface area contributed by atoms with E-state index < -0.39 is 11.9 Å². The Hall–Kier alpha value is -1.23. The third-order valence-electron chi connectivity index (χ3n) is 1.66. The SMILES string of the molecule is C#CCC(C/C=C/C(C)C)C(=O)O. The minimum Gasteiger partial charge on any atom is -0.481 e. The average molecular weight is 180 g/mol. The molecule has 0 radical (unpaired) electrons. The van der Waals surface area contributed by atoms with Gasteiger partial charge in [0.2, 0.25) is 0 Å². The first kappa shape index (κ1) is 11.8. The number of rotatable bonds is 5. The average Bonchev–Trinajstić information content (AvgIpc) is 2.02. The summed E-state index contributed by atoms with van der Waals surface area (Å²) >= 11 is 0. The number of carboxylic acid groups (broad SMARTS) is 1. The van der Waals surface area contributed by atoms with E-state index in [4.69, 9.17) is 11.5 Å². The highest BCUT2D eigenvalue weighted by Crippen LogP contribution is 2.09. The summed E-state index contributed by atoms with van der Waals surface area (Å²) in [7, 11) is 0. The van der Waals surface area contributed by atoms with Crippen LogP contribution in [0, 0.1) is 24.2 Å². The topological polar surface area (TPSA) is 37.3 Å². The Kier molecular flexibility index (Phi) is 5.71. The van der Waals surface area contributed by atoms with Gasteiger partial charge in [-0.3, -0.25) is 4.79 Å². The van der Waals surface area contributed by atoms with Crippen LogP contribution >= 0.6 is 0 Å². The minimum atomic E-state index is -0.814. The van der Waals surface area contributed by atoms with Gasteiger partial charge in [0.25, 0.3) is 0 Å². The first-order valence-corrected chi connectivity index (χ1v) is 4.40. The zero-order chi connectivity index (χ0) is 10.3. The second-order valence-electron chi connectivity index (χ2n) is 3.35. The standard InChI is InChI=1S/C11H16O2/c1-4-6-10(11(12)13)8-5-7-9(2)3/h1,5,7,9-10H,6,8H2,2-3H3,(H,12,13)/b7-5+. The number of carboxylic acids is 1. The van der Waals surface area contributed by atoms with E-state index in [1.807, 2.05) is 26.0 Å². The Balaban J connectivity index is 3.98. The van der Waals surface area contributed by atoms with Crippen molar-refractivity contribution in [1.82, 2.24) is 0 Å². The van der Waals surface area contributed by atoms with Crippen molar-refractivity contribution in [3.05, 3.63) is 12.2 Å². The number of aliphatic carboxylic acids is 1. The van der Waals surface area contributed by atoms with Gasteiger partial charge in [-0.15, -0.1) is 12.3 Å². The summed E-state index contributed by atoms with van der Waals surface area (Å²) < 4.78 is 0. The van der Waals surface area contributed by atoms with Gasteiger partial charge in [0.1, 0.15) is 0 Å². The van der Waals surface area contributed by atoms with Gasteiger partial charge < -0.3 is 5.11 Å². The Morgan fingerprint density at radius 2 is 2.23 bits per heavy atom. The van der Waals surface area contributed by atoms with Crippen molar-refractivity contribution in [3.8, 4) is 12.3 Å². The van der Waals surface area contributed by atoms with Crippen molar-refractivity contribution in [2.45, 2.75) is 26.7 Å². The van der Waals surface area contributed by atoms with E-state index in [1.165, 1.54) is 0 Å². The van der Waals surface area contributed by atoms with E-state index in [0.717, 1.165) is 0 Å². The molecule has 0 saturated carbocycles. The largest absolute Gasteiger partial charge is 0.481 e. The summed E-state index contributed by atoms with van der Waals surface area (Å²) in [4.78, 5) is 10.6. The van der Waals surface area contributed by atoms with Crippen molar-refractivity contribution in [1.29, 1.82) is 0 Å². The van der Waals surface area contributed by atoms with Crippen LogP contribution in [0.2, 0.25) is 0 Å². The number of terminal acetylenes is 1. The van der Waals surface area contributed by atoms with Crippen LogP contribution in [0.5, 0.6) is 0 Å². The summed E-state index contributed by atoms with van der Waals surface area (Å²) in [5, 5.41) is 8.74. The van der Waals surface area contributed by atoms with Gasteiger partial charge in [-0.25, -0.2) is 0 Å². The maximum absolute atomic E-state index is 10.6. The van der Waals surface area contributed by atoms with Gasteiger partial charge in [0, 0.05) is 6.42 Å². The molecule has 0 aliphatic heterocycles. The lowest BCUT2D eigenvalue weighted by atomic mass is 10.0. The van der Waals surface area contributed by atoms with Gasteiger partial charge in [-0.05, 0) is 12.3 Å². The van der Waals surface area contributed by atoms with E-state index in [2.05, 4.69) is 5.92 Å². The lowest BCUT2D eigenvalue weighted by molar-refractivity contribution is -0.141. The third kappa shape index (κ3) is 5.98. The molecule has 0 rings (SSSR count). The van der Waals surface area contributed by atoms with Crippen molar-refractivity contribution >= 4 is 5.97 Å². The van der Waals surface area contributed by atoms with Gasteiger partial charge in [-0.1, -0.05) is 26.0 Å². The Morgan fingerprint density at radius 3 is 2.62 bits per heavy atom. The number of hydrogen-bond acceptors (Lipinski definition) is 1. The van der Waals surface area contributed by atoms with Gasteiger partial charge in [0.15, 0.2) is 0 Å². The Morgan fingerprint density at radius 1 is 1.62 bits per heavy atom. The fourth-order valence-corrected chi connectivity index (χ4v) is 0.929. The monoisotopic (exact) mass is 180 g/mol. The van der Waals surface area contributed by atoms with E-state index in [-0.39, 0.29) is 0 Å². The highest BCUT2D eigenvalue weighted by Gasteiger charge is 2.13. The van der Waals surface area contributed by atoms with Crippen LogP contribution in [0.3, 0.4) is 0 Å². The van der Waals surface area contributed by atoms with Crippen LogP contribution in [-0.2, 0) is 4.79 Å². The van der Waals surface area contributed by atoms with E-state index in [9.17, 15) is 4.79 Å². The van der Waals surface area contributed by atoms with Crippen LogP contribution in [-0.4, -0.2) is 11.1 Å². The van der Waals surface area contributed by atoms with Crippen molar-refractivity contribution in [3.63, 3.8) is 0 Å². The molecule has 72 valence electrons. The fourth-order valence-electron chi connectivity index (χ4n) is 0.929. The molecule has 0 fully saturated rings. The van der Waals surface area contributed by atoms with Crippen LogP contribution in [0.1, 0.15) is 26.7 Å². The lowest BCUT2D eigenvalue weighted by Gasteiger charge is -2.04. The Bertz CT molecular complexity index is 221. The molecule has 0 saturated heterocycles. The molecule has 0 heterocycles. The molecule has 2 nitrogen and oxygen atoms in total. The summed E-state index contributed by atoms with van der Waals surface area (Å²) in [6.07, 6.45) is 9.77. The molecule has 0 aromatic heterocycles. The molecule has 13 heavy (non-hydrogen) atoms. The summed E-state index contributed by atoms with van der Waals surface area (Å²) in [5.41, 5.74) is 0. The van der Waals surface area contributed by atoms with Crippen molar-refractivity contribution < 1.29 is 9.90 Å². The molecule has 1 unspecified atom stereocenters. The normalized spacial score (nSPS) is 13.1. The van der Waals surface area contributed by atoms with Crippen LogP contribution in [0.4, 0.5) is 0 Å². The predicted molar refractivity (Wildman–Crippen MR) is 53.2 cm³/mol. The summed E-state index contributed by atoms with van der Waals surface area (Å²) in [6.45, 7) is 4.10. The molecule has 0 aliphatic carbocycles. The zero-order valence-corrected chi connectivity index (χ0v) is 8.16. The molecule has 2 heteroatoms. The van der Waals surface area contributed by atoms with E-state index in [1.54, 1.807) is 0 Å². The van der Waals surface area contributed by atoms with Crippen LogP contribution in [0.25, 0.3) is 0 Å². The van der Waals surface area contributed by atoms with E-state index in [0.29, 0.717) is 18.8 Å². The predicted octanol–water partition coefficient (Wildman–Crippen LogP) is 2.31. The molecule has 0 aromatic carbocycles. The quantitative estimate of drug-likeness (QED) is 0.520. The zero-order valence-electron chi connectivity index (χ0n) is 8.16.